The molecular formula is C58H37N3O2. The average Bonchev–Trinajstić information content (AvgIpc) is 3.92. The molecular weight excluding hydrogens is 771 g/mol. The molecule has 0 amide bonds. The van der Waals surface area contributed by atoms with Crippen LogP contribution >= 0.6 is 0 Å². The second-order valence-electron chi connectivity index (χ2n) is 16.9. The number of aromatic nitrogens is 3. The molecule has 11 aromatic rings. The fourth-order valence-corrected chi connectivity index (χ4v) is 10.1. The molecule has 8 aromatic carbocycles. The van der Waals surface area contributed by atoms with E-state index in [2.05, 4.69) is 177 Å². The van der Waals surface area contributed by atoms with Gasteiger partial charge in [0, 0.05) is 38.6 Å². The van der Waals surface area contributed by atoms with Gasteiger partial charge in [0.25, 0.3) is 0 Å². The van der Waals surface area contributed by atoms with Crippen molar-refractivity contribution in [1.82, 2.24) is 15.0 Å². The van der Waals surface area contributed by atoms with Gasteiger partial charge in [-0.3, -0.25) is 0 Å². The van der Waals surface area contributed by atoms with E-state index >= 15 is 0 Å². The van der Waals surface area contributed by atoms with E-state index in [0.29, 0.717) is 17.5 Å². The summed E-state index contributed by atoms with van der Waals surface area (Å²) in [6, 6.07) is 57.3. The Bertz CT molecular complexity index is 3840. The van der Waals surface area contributed by atoms with E-state index in [9.17, 15) is 0 Å². The first-order chi connectivity index (χ1) is 31.1. The van der Waals surface area contributed by atoms with Gasteiger partial charge in [-0.2, -0.15) is 0 Å². The smallest absolute Gasteiger partial charge is 0.164 e. The second kappa shape index (κ2) is 13.7. The Morgan fingerprint density at radius 1 is 0.460 bits per heavy atom. The SMILES string of the molecule is CC1(c2nc(-c3ccc4ccccc4c3)nc(-c3cccc4oc5ccccc5c34)n2)C=CC(c2cccc3oc4ccc(-c5cccc6ccccc56)cc4c23)=C2C=CC=CC21. The highest BCUT2D eigenvalue weighted by molar-refractivity contribution is 6.14. The monoisotopic (exact) mass is 807 g/mol. The molecule has 0 aliphatic heterocycles. The Morgan fingerprint density at radius 3 is 1.98 bits per heavy atom. The number of hydrogen-bond donors (Lipinski definition) is 0. The van der Waals surface area contributed by atoms with Crippen LogP contribution in [0.5, 0.6) is 0 Å². The maximum absolute atomic E-state index is 6.58. The number of hydrogen-bond acceptors (Lipinski definition) is 5. The highest BCUT2D eigenvalue weighted by Crippen LogP contribution is 2.49. The molecule has 0 bridgehead atoms. The van der Waals surface area contributed by atoms with Gasteiger partial charge in [0.2, 0.25) is 0 Å². The predicted octanol–water partition coefficient (Wildman–Crippen LogP) is 15.0. The van der Waals surface area contributed by atoms with Gasteiger partial charge in [-0.05, 0) is 92.7 Å². The number of nitrogens with zero attached hydrogens (tertiary/aromatic N) is 3. The van der Waals surface area contributed by atoms with Crippen LogP contribution in [0.1, 0.15) is 18.3 Å². The van der Waals surface area contributed by atoms with Crippen molar-refractivity contribution in [3.05, 3.63) is 217 Å². The lowest BCUT2D eigenvalue weighted by Gasteiger charge is -2.38. The first-order valence-corrected chi connectivity index (χ1v) is 21.5. The number of allylic oxidation sites excluding steroid dienone is 8. The number of rotatable bonds is 5. The minimum Gasteiger partial charge on any atom is -0.456 e. The Labute approximate surface area is 362 Å². The molecule has 0 N–H and O–H groups in total. The highest BCUT2D eigenvalue weighted by atomic mass is 16.3. The maximum atomic E-state index is 6.58. The molecule has 0 fully saturated rings. The summed E-state index contributed by atoms with van der Waals surface area (Å²) >= 11 is 0. The Balaban J connectivity index is 0.993. The van der Waals surface area contributed by atoms with Crippen LogP contribution in [0, 0.1) is 5.92 Å². The molecule has 0 saturated heterocycles. The summed E-state index contributed by atoms with van der Waals surface area (Å²) in [6.45, 7) is 2.26. The molecule has 2 atom stereocenters. The topological polar surface area (TPSA) is 65.0 Å². The Kier molecular flexibility index (Phi) is 7.73. The third-order valence-corrected chi connectivity index (χ3v) is 13.2. The van der Waals surface area contributed by atoms with Crippen molar-refractivity contribution in [3.63, 3.8) is 0 Å². The van der Waals surface area contributed by atoms with Gasteiger partial charge in [-0.15, -0.1) is 0 Å². The van der Waals surface area contributed by atoms with Crippen molar-refractivity contribution in [3.8, 4) is 33.9 Å². The van der Waals surface area contributed by atoms with Crippen LogP contribution in [-0.4, -0.2) is 15.0 Å². The van der Waals surface area contributed by atoms with Gasteiger partial charge in [0.1, 0.15) is 28.2 Å². The van der Waals surface area contributed by atoms with Crippen LogP contribution in [0.25, 0.3) is 105 Å². The quantitative estimate of drug-likeness (QED) is 0.173. The summed E-state index contributed by atoms with van der Waals surface area (Å²) < 4.78 is 12.9. The minimum atomic E-state index is -0.635. The van der Waals surface area contributed by atoms with E-state index in [1.165, 1.54) is 27.3 Å². The van der Waals surface area contributed by atoms with Crippen LogP contribution in [0.4, 0.5) is 0 Å². The largest absolute Gasteiger partial charge is 0.456 e. The zero-order valence-electron chi connectivity index (χ0n) is 34.3. The standard InChI is InChI=1S/C58H37N3O2/c1-58(57-60-55(39-28-27-35-13-2-3-15-37(35)33-39)59-56(61-57)46-22-12-26-52-54(46)45-19-7-9-24-49(45)62-52)32-31-42(43-18-6-8-23-48(43)58)44-21-11-25-51-53(44)47-34-38(29-30-50(47)63-51)41-20-10-16-36-14-4-5-17-40(36)41/h2-34,48H,1H3. The van der Waals surface area contributed by atoms with Crippen molar-refractivity contribution >= 4 is 71.0 Å². The van der Waals surface area contributed by atoms with E-state index in [1.54, 1.807) is 0 Å². The van der Waals surface area contributed by atoms with Gasteiger partial charge in [-0.25, -0.2) is 15.0 Å². The summed E-state index contributed by atoms with van der Waals surface area (Å²) in [6.07, 6.45) is 13.4. The summed E-state index contributed by atoms with van der Waals surface area (Å²) in [7, 11) is 0. The summed E-state index contributed by atoms with van der Waals surface area (Å²) in [4.78, 5) is 16.1. The number of para-hydroxylation sites is 1. The van der Waals surface area contributed by atoms with E-state index in [0.717, 1.165) is 77.1 Å². The van der Waals surface area contributed by atoms with Gasteiger partial charge >= 0.3 is 0 Å². The lowest BCUT2D eigenvalue weighted by molar-refractivity contribution is 0.455. The van der Waals surface area contributed by atoms with E-state index in [4.69, 9.17) is 23.8 Å². The number of fused-ring (bicyclic) bond motifs is 9. The molecule has 2 unspecified atom stereocenters. The van der Waals surface area contributed by atoms with Gasteiger partial charge in [0.05, 0.1) is 5.41 Å². The lowest BCUT2D eigenvalue weighted by Crippen LogP contribution is -2.35. The van der Waals surface area contributed by atoms with Crippen molar-refractivity contribution in [1.29, 1.82) is 0 Å². The Morgan fingerprint density at radius 2 is 1.11 bits per heavy atom. The van der Waals surface area contributed by atoms with Gasteiger partial charge in [-0.1, -0.05) is 164 Å². The predicted molar refractivity (Wildman–Crippen MR) is 257 cm³/mol. The summed E-state index contributed by atoms with van der Waals surface area (Å²) in [5.74, 6) is 1.86. The minimum absolute atomic E-state index is 0.0765. The number of benzene rings is 8. The van der Waals surface area contributed by atoms with Gasteiger partial charge < -0.3 is 8.83 Å². The normalized spacial score (nSPS) is 17.3. The molecule has 5 heteroatoms. The lowest BCUT2D eigenvalue weighted by atomic mass is 9.66. The molecule has 63 heavy (non-hydrogen) atoms. The fourth-order valence-electron chi connectivity index (χ4n) is 10.1. The molecule has 0 spiro atoms. The Hall–Kier alpha value is -8.15. The van der Waals surface area contributed by atoms with E-state index < -0.39 is 5.41 Å². The van der Waals surface area contributed by atoms with Crippen molar-refractivity contribution in [2.24, 2.45) is 5.92 Å². The van der Waals surface area contributed by atoms with Gasteiger partial charge in [0.15, 0.2) is 11.6 Å². The summed E-state index contributed by atoms with van der Waals surface area (Å²) in [5, 5.41) is 8.97. The number of furan rings is 2. The van der Waals surface area contributed by atoms with Crippen molar-refractivity contribution < 1.29 is 8.83 Å². The zero-order valence-corrected chi connectivity index (χ0v) is 34.3. The molecule has 3 aromatic heterocycles. The van der Waals surface area contributed by atoms with Crippen LogP contribution in [0.2, 0.25) is 0 Å². The molecule has 0 saturated carbocycles. The van der Waals surface area contributed by atoms with Crippen LogP contribution < -0.4 is 0 Å². The third-order valence-electron chi connectivity index (χ3n) is 13.2. The van der Waals surface area contributed by atoms with Crippen LogP contribution in [0.3, 0.4) is 0 Å². The zero-order chi connectivity index (χ0) is 41.6. The van der Waals surface area contributed by atoms with Crippen LogP contribution in [-0.2, 0) is 5.41 Å². The first-order valence-electron chi connectivity index (χ1n) is 21.5. The van der Waals surface area contributed by atoms with Crippen molar-refractivity contribution in [2.45, 2.75) is 12.3 Å². The molecule has 13 rings (SSSR count). The molecule has 296 valence electrons. The molecule has 5 nitrogen and oxygen atoms in total. The maximum Gasteiger partial charge on any atom is 0.164 e. The molecule has 0 radical (unpaired) electrons. The van der Waals surface area contributed by atoms with E-state index in [-0.39, 0.29) is 5.92 Å². The second-order valence-corrected chi connectivity index (χ2v) is 16.9. The molecule has 3 heterocycles. The fraction of sp³-hybridized carbons (Fsp3) is 0.0517. The van der Waals surface area contributed by atoms with Crippen molar-refractivity contribution in [2.75, 3.05) is 0 Å². The average molecular weight is 808 g/mol. The van der Waals surface area contributed by atoms with Crippen LogP contribution in [0.15, 0.2) is 215 Å². The summed E-state index contributed by atoms with van der Waals surface area (Å²) in [5.41, 5.74) is 10.4. The highest BCUT2D eigenvalue weighted by Gasteiger charge is 2.41. The molecule has 2 aliphatic carbocycles. The molecule has 2 aliphatic rings. The van der Waals surface area contributed by atoms with E-state index in [1.807, 2.05) is 30.3 Å². The third kappa shape index (κ3) is 5.53. The first kappa shape index (κ1) is 35.6.